The molecule has 5 nitrogen and oxygen atoms in total. The van der Waals surface area contributed by atoms with Gasteiger partial charge in [-0.3, -0.25) is 4.79 Å². The van der Waals surface area contributed by atoms with E-state index in [1.54, 1.807) is 0 Å². The van der Waals surface area contributed by atoms with Crippen LogP contribution in [-0.4, -0.2) is 33.4 Å². The van der Waals surface area contributed by atoms with Gasteiger partial charge in [-0.1, -0.05) is 19.3 Å². The minimum Gasteiger partial charge on any atom is -0.386 e. The van der Waals surface area contributed by atoms with E-state index in [4.69, 9.17) is 4.74 Å². The normalized spacial score (nSPS) is 25.2. The average Bonchev–Trinajstić information content (AvgIpc) is 2.85. The van der Waals surface area contributed by atoms with Crippen LogP contribution in [0.25, 0.3) is 0 Å². The fraction of sp³-hybridized carbons (Fsp3) is 0.769. The van der Waals surface area contributed by atoms with Crippen molar-refractivity contribution in [1.82, 2.24) is 3.11 Å². The number of carbonyl (C=O) groups is 3. The van der Waals surface area contributed by atoms with E-state index in [0.717, 1.165) is 45.1 Å². The molecule has 106 valence electrons. The van der Waals surface area contributed by atoms with E-state index >= 15 is 0 Å². The molecule has 0 bridgehead atoms. The summed E-state index contributed by atoms with van der Waals surface area (Å²) in [4.78, 5) is 35.4. The summed E-state index contributed by atoms with van der Waals surface area (Å²) in [6.45, 7) is 0.811. The highest BCUT2D eigenvalue weighted by Gasteiger charge is 2.35. The first-order chi connectivity index (χ1) is 9.09. The summed E-state index contributed by atoms with van der Waals surface area (Å²) in [6.07, 6.45) is 6.14. The molecule has 1 aliphatic heterocycles. The summed E-state index contributed by atoms with van der Waals surface area (Å²) in [5.41, 5.74) is 0. The van der Waals surface area contributed by atoms with Gasteiger partial charge in [-0.15, -0.1) is 0 Å². The number of carbonyl (C=O) groups excluding carboxylic acids is 3. The standard InChI is InChI=1S/C13H18INO4/c14-15-8-4-7-10(15)12(17)19-13(18)11(16)9-5-2-1-3-6-9/h9-10H,1-8H2. The van der Waals surface area contributed by atoms with Gasteiger partial charge < -0.3 is 4.74 Å². The van der Waals surface area contributed by atoms with Crippen molar-refractivity contribution in [3.8, 4) is 0 Å². The Balaban J connectivity index is 1.85. The number of halogens is 1. The summed E-state index contributed by atoms with van der Waals surface area (Å²) in [5.74, 6) is -2.31. The fourth-order valence-electron chi connectivity index (χ4n) is 2.70. The molecule has 1 heterocycles. The SMILES string of the molecule is O=C(OC(=O)C1CCCN1I)C(=O)C1CCCCC1. The first-order valence-electron chi connectivity index (χ1n) is 6.82. The maximum absolute atomic E-state index is 11.9. The molecule has 0 N–H and O–H groups in total. The van der Waals surface area contributed by atoms with Gasteiger partial charge in [0.1, 0.15) is 6.04 Å². The van der Waals surface area contributed by atoms with Crippen molar-refractivity contribution in [2.24, 2.45) is 5.92 Å². The van der Waals surface area contributed by atoms with Crippen molar-refractivity contribution in [3.63, 3.8) is 0 Å². The van der Waals surface area contributed by atoms with Crippen LogP contribution >= 0.6 is 22.9 Å². The Hall–Kier alpha value is -0.500. The van der Waals surface area contributed by atoms with Crippen molar-refractivity contribution in [1.29, 1.82) is 0 Å². The number of ether oxygens (including phenoxy) is 1. The quantitative estimate of drug-likeness (QED) is 0.247. The van der Waals surface area contributed by atoms with E-state index in [9.17, 15) is 14.4 Å². The van der Waals surface area contributed by atoms with Gasteiger partial charge in [0.2, 0.25) is 5.78 Å². The van der Waals surface area contributed by atoms with E-state index < -0.39 is 17.7 Å². The van der Waals surface area contributed by atoms with Crippen LogP contribution in [0.2, 0.25) is 0 Å². The zero-order valence-corrected chi connectivity index (χ0v) is 12.9. The zero-order valence-electron chi connectivity index (χ0n) is 10.8. The van der Waals surface area contributed by atoms with Crippen LogP contribution in [0, 0.1) is 5.92 Å². The van der Waals surface area contributed by atoms with E-state index in [2.05, 4.69) is 22.9 Å². The molecule has 0 spiro atoms. The predicted molar refractivity (Wildman–Crippen MR) is 76.4 cm³/mol. The molecule has 1 saturated heterocycles. The van der Waals surface area contributed by atoms with Crippen LogP contribution < -0.4 is 0 Å². The molecule has 0 aromatic carbocycles. The van der Waals surface area contributed by atoms with Gasteiger partial charge in [0.25, 0.3) is 0 Å². The zero-order chi connectivity index (χ0) is 13.8. The number of hydrogen-bond donors (Lipinski definition) is 0. The molecule has 2 rings (SSSR count). The lowest BCUT2D eigenvalue weighted by molar-refractivity contribution is -0.167. The van der Waals surface area contributed by atoms with Crippen LogP contribution in [0.5, 0.6) is 0 Å². The van der Waals surface area contributed by atoms with Crippen LogP contribution in [0.3, 0.4) is 0 Å². The number of Topliss-reactive ketones (excluding diaryl/α,β-unsaturated/α-hetero) is 1. The van der Waals surface area contributed by atoms with Gasteiger partial charge in [-0.25, -0.2) is 12.7 Å². The van der Waals surface area contributed by atoms with E-state index in [1.807, 2.05) is 3.11 Å². The molecule has 2 aliphatic rings. The second-order valence-corrected chi connectivity index (χ2v) is 6.43. The second kappa shape index (κ2) is 6.78. The molecule has 1 saturated carbocycles. The molecule has 0 aromatic heterocycles. The third kappa shape index (κ3) is 3.75. The van der Waals surface area contributed by atoms with Gasteiger partial charge in [-0.2, -0.15) is 0 Å². The summed E-state index contributed by atoms with van der Waals surface area (Å²) in [7, 11) is 0. The molecule has 2 fully saturated rings. The first kappa shape index (κ1) is 14.9. The number of hydrogen-bond acceptors (Lipinski definition) is 5. The maximum atomic E-state index is 11.9. The molecule has 0 amide bonds. The van der Waals surface area contributed by atoms with Crippen molar-refractivity contribution >= 4 is 40.6 Å². The minimum absolute atomic E-state index is 0.242. The number of esters is 2. The van der Waals surface area contributed by atoms with Crippen LogP contribution in [0.1, 0.15) is 44.9 Å². The van der Waals surface area contributed by atoms with Crippen molar-refractivity contribution in [2.45, 2.75) is 51.0 Å². The minimum atomic E-state index is -0.964. The molecular formula is C13H18INO4. The monoisotopic (exact) mass is 379 g/mol. The van der Waals surface area contributed by atoms with Gasteiger partial charge in [0.05, 0.1) is 0 Å². The van der Waals surface area contributed by atoms with E-state index in [1.165, 1.54) is 0 Å². The Labute approximate surface area is 126 Å². The van der Waals surface area contributed by atoms with E-state index in [0.29, 0.717) is 6.42 Å². The molecule has 1 unspecified atom stereocenters. The Bertz CT molecular complexity index is 379. The third-order valence-electron chi connectivity index (χ3n) is 3.83. The second-order valence-electron chi connectivity index (χ2n) is 5.19. The Morgan fingerprint density at radius 3 is 2.26 bits per heavy atom. The molecule has 1 aliphatic carbocycles. The maximum Gasteiger partial charge on any atom is 0.382 e. The molecule has 0 radical (unpaired) electrons. The lowest BCUT2D eigenvalue weighted by Gasteiger charge is -2.19. The summed E-state index contributed by atoms with van der Waals surface area (Å²) in [6, 6.07) is -0.385. The number of ketones is 1. The van der Waals surface area contributed by atoms with Crippen molar-refractivity contribution in [2.75, 3.05) is 6.54 Å². The van der Waals surface area contributed by atoms with Crippen LogP contribution in [0.15, 0.2) is 0 Å². The third-order valence-corrected chi connectivity index (χ3v) is 4.98. The van der Waals surface area contributed by atoms with Crippen molar-refractivity contribution < 1.29 is 19.1 Å². The highest BCUT2D eigenvalue weighted by molar-refractivity contribution is 14.1. The Morgan fingerprint density at radius 2 is 1.68 bits per heavy atom. The van der Waals surface area contributed by atoms with E-state index in [-0.39, 0.29) is 12.0 Å². The smallest absolute Gasteiger partial charge is 0.382 e. The largest absolute Gasteiger partial charge is 0.386 e. The van der Waals surface area contributed by atoms with Crippen LogP contribution in [-0.2, 0) is 19.1 Å². The molecule has 1 atom stereocenters. The average molecular weight is 379 g/mol. The van der Waals surface area contributed by atoms with Gasteiger partial charge >= 0.3 is 11.9 Å². The van der Waals surface area contributed by atoms with Crippen molar-refractivity contribution in [3.05, 3.63) is 0 Å². The van der Waals surface area contributed by atoms with Gasteiger partial charge in [0, 0.05) is 35.3 Å². The lowest BCUT2D eigenvalue weighted by atomic mass is 9.86. The lowest BCUT2D eigenvalue weighted by Crippen LogP contribution is -2.36. The molecule has 0 aromatic rings. The van der Waals surface area contributed by atoms with Gasteiger partial charge in [-0.05, 0) is 25.7 Å². The molecule has 6 heteroatoms. The van der Waals surface area contributed by atoms with Gasteiger partial charge in [0.15, 0.2) is 0 Å². The first-order valence-corrected chi connectivity index (χ1v) is 7.78. The Kier molecular flexibility index (Phi) is 5.32. The molecule has 19 heavy (non-hydrogen) atoms. The fourth-order valence-corrected chi connectivity index (χ4v) is 3.55. The summed E-state index contributed by atoms with van der Waals surface area (Å²) >= 11 is 2.05. The van der Waals surface area contributed by atoms with Crippen LogP contribution in [0.4, 0.5) is 0 Å². The molecular weight excluding hydrogens is 361 g/mol. The topological polar surface area (TPSA) is 63.7 Å². The summed E-state index contributed by atoms with van der Waals surface area (Å²) < 4.78 is 6.58. The predicted octanol–water partition coefficient (Wildman–Crippen LogP) is 2.02. The number of rotatable bonds is 3. The highest BCUT2D eigenvalue weighted by atomic mass is 127. The Morgan fingerprint density at radius 1 is 1.00 bits per heavy atom. The highest BCUT2D eigenvalue weighted by Crippen LogP contribution is 2.25. The summed E-state index contributed by atoms with van der Waals surface area (Å²) in [5, 5.41) is 0. The number of nitrogens with zero attached hydrogens (tertiary/aromatic N) is 1.